The number of aliphatic imine (C=N–C) groups is 1. The molecule has 0 radical (unpaired) electrons. The van der Waals surface area contributed by atoms with Crippen LogP contribution in [0, 0.1) is 11.8 Å². The molecular formula is C37H56N2OS. The van der Waals surface area contributed by atoms with Gasteiger partial charge in [-0.1, -0.05) is 131 Å². The number of thioether (sulfide) groups is 1. The Bertz CT molecular complexity index is 993. The van der Waals surface area contributed by atoms with E-state index in [1.54, 1.807) is 11.8 Å². The van der Waals surface area contributed by atoms with Gasteiger partial charge in [-0.15, -0.1) is 6.58 Å². The monoisotopic (exact) mass is 576 g/mol. The molecular weight excluding hydrogens is 520 g/mol. The van der Waals surface area contributed by atoms with Crippen LogP contribution in [0.5, 0.6) is 0 Å². The second-order valence-corrected chi connectivity index (χ2v) is 11.1. The summed E-state index contributed by atoms with van der Waals surface area (Å²) in [5.74, 6) is 1.52. The lowest BCUT2D eigenvalue weighted by atomic mass is 9.83. The highest BCUT2D eigenvalue weighted by Gasteiger charge is 2.15. The largest absolute Gasteiger partial charge is 0.379 e. The third-order valence-corrected chi connectivity index (χ3v) is 8.10. The molecule has 0 aromatic heterocycles. The molecule has 2 aliphatic rings. The summed E-state index contributed by atoms with van der Waals surface area (Å²) in [6, 6.07) is 10.5. The summed E-state index contributed by atoms with van der Waals surface area (Å²) >= 11 is 1.71. The van der Waals surface area contributed by atoms with E-state index in [1.165, 1.54) is 36.2 Å². The number of allylic oxidation sites excluding steroid dienone is 8. The van der Waals surface area contributed by atoms with Crippen molar-refractivity contribution in [3.8, 4) is 0 Å². The van der Waals surface area contributed by atoms with E-state index >= 15 is 0 Å². The molecule has 1 saturated carbocycles. The number of nitrogens with zero attached hydrogens (tertiary/aromatic N) is 2. The lowest BCUT2D eigenvalue weighted by Crippen LogP contribution is -2.38. The first-order valence-electron chi connectivity index (χ1n) is 15.5. The maximum absolute atomic E-state index is 5.46. The van der Waals surface area contributed by atoms with Crippen molar-refractivity contribution in [3.05, 3.63) is 103 Å². The average Bonchev–Trinajstić information content (AvgIpc) is 2.99. The molecule has 0 amide bonds. The Morgan fingerprint density at radius 3 is 2.39 bits per heavy atom. The van der Waals surface area contributed by atoms with Crippen LogP contribution in [0.15, 0.2) is 102 Å². The molecule has 1 aliphatic carbocycles. The molecule has 226 valence electrons. The summed E-state index contributed by atoms with van der Waals surface area (Å²) in [6.45, 7) is 19.0. The molecule has 1 unspecified atom stereocenters. The number of hydrogen-bond donors (Lipinski definition) is 0. The van der Waals surface area contributed by atoms with Crippen LogP contribution in [-0.4, -0.2) is 49.8 Å². The van der Waals surface area contributed by atoms with Gasteiger partial charge in [0.2, 0.25) is 0 Å². The number of rotatable bonds is 12. The second kappa shape index (κ2) is 24.2. The predicted molar refractivity (Wildman–Crippen MR) is 187 cm³/mol. The van der Waals surface area contributed by atoms with Crippen LogP contribution in [0.3, 0.4) is 0 Å². The van der Waals surface area contributed by atoms with Crippen LogP contribution in [0.4, 0.5) is 0 Å². The minimum Gasteiger partial charge on any atom is -0.379 e. The molecule has 1 aromatic carbocycles. The van der Waals surface area contributed by atoms with Crippen molar-refractivity contribution in [2.45, 2.75) is 66.7 Å². The van der Waals surface area contributed by atoms with E-state index in [1.807, 2.05) is 33.0 Å². The topological polar surface area (TPSA) is 24.8 Å². The van der Waals surface area contributed by atoms with E-state index in [4.69, 9.17) is 4.74 Å². The molecule has 1 aliphatic heterocycles. The van der Waals surface area contributed by atoms with Gasteiger partial charge in [0.15, 0.2) is 0 Å². The lowest BCUT2D eigenvalue weighted by molar-refractivity contribution is 0.0343. The summed E-state index contributed by atoms with van der Waals surface area (Å²) in [7, 11) is 1.87. The summed E-state index contributed by atoms with van der Waals surface area (Å²) in [4.78, 5) is 8.27. The summed E-state index contributed by atoms with van der Waals surface area (Å²) in [6.07, 6.45) is 26.0. The Kier molecular flexibility index (Phi) is 21.6. The van der Waals surface area contributed by atoms with Crippen molar-refractivity contribution in [2.75, 3.05) is 39.9 Å². The molecule has 2 fully saturated rings. The fourth-order valence-electron chi connectivity index (χ4n) is 4.33. The zero-order valence-electron chi connectivity index (χ0n) is 26.7. The van der Waals surface area contributed by atoms with E-state index in [0.717, 1.165) is 55.8 Å². The molecule has 0 N–H and O–H groups in total. The predicted octanol–water partition coefficient (Wildman–Crippen LogP) is 10.2. The van der Waals surface area contributed by atoms with Gasteiger partial charge < -0.3 is 4.74 Å². The van der Waals surface area contributed by atoms with Crippen LogP contribution in [0.2, 0.25) is 0 Å². The van der Waals surface area contributed by atoms with E-state index < -0.39 is 0 Å². The van der Waals surface area contributed by atoms with Crippen LogP contribution < -0.4 is 0 Å². The first kappa shape index (κ1) is 36.6. The Hall–Kier alpha value is -2.40. The molecule has 1 saturated heterocycles. The van der Waals surface area contributed by atoms with Crippen LogP contribution >= 0.6 is 11.8 Å². The van der Waals surface area contributed by atoms with Gasteiger partial charge in [-0.3, -0.25) is 9.89 Å². The van der Waals surface area contributed by atoms with Gasteiger partial charge in [0.25, 0.3) is 0 Å². The van der Waals surface area contributed by atoms with Crippen LogP contribution in [0.1, 0.15) is 72.3 Å². The number of hydrogen-bond acceptors (Lipinski definition) is 4. The van der Waals surface area contributed by atoms with Crippen molar-refractivity contribution < 1.29 is 4.74 Å². The number of benzene rings is 1. The summed E-state index contributed by atoms with van der Waals surface area (Å²) in [5, 5.41) is 1.02. The van der Waals surface area contributed by atoms with E-state index in [2.05, 4.69) is 110 Å². The third kappa shape index (κ3) is 16.0. The highest BCUT2D eigenvalue weighted by molar-refractivity contribution is 8.22. The molecule has 0 spiro atoms. The van der Waals surface area contributed by atoms with Crippen molar-refractivity contribution in [1.82, 2.24) is 4.90 Å². The molecule has 1 atom stereocenters. The van der Waals surface area contributed by atoms with Crippen molar-refractivity contribution >= 4 is 21.7 Å². The maximum atomic E-state index is 5.46. The van der Waals surface area contributed by atoms with Gasteiger partial charge in [-0.05, 0) is 50.2 Å². The fraction of sp³-hybridized carbons (Fsp3) is 0.486. The number of morpholine rings is 1. The van der Waals surface area contributed by atoms with E-state index in [-0.39, 0.29) is 0 Å². The van der Waals surface area contributed by atoms with Gasteiger partial charge >= 0.3 is 0 Å². The average molecular weight is 577 g/mol. The normalized spacial score (nSPS) is 18.0. The Labute approximate surface area is 256 Å². The Morgan fingerprint density at radius 1 is 1.12 bits per heavy atom. The number of ether oxygens (including phenoxy) is 1. The second-order valence-electron chi connectivity index (χ2n) is 10.1. The van der Waals surface area contributed by atoms with Gasteiger partial charge in [0.05, 0.1) is 13.2 Å². The van der Waals surface area contributed by atoms with Crippen molar-refractivity contribution in [1.29, 1.82) is 0 Å². The standard InChI is InChI=1S/C27H36N2OS.C8H14.C2H6/c1-5-7-8-12-15-26(25-13-10-9-11-14-25)31-27(28-4)24(6-2)17-16-23(3)22-29-18-20-30-21-19-29;1-2-3-5-8-6-4-7-8;1-2/h5-6,8-17,23H,1,7,18-22H2,2-4H3;2-3,8H,4-7H2,1H3;1-2H3/b12-8+,17-16-,24-6+,26-15+,28-27?;3-2-;. The maximum Gasteiger partial charge on any atom is 0.102 e. The van der Waals surface area contributed by atoms with Gasteiger partial charge in [0.1, 0.15) is 5.04 Å². The molecule has 0 bridgehead atoms. The summed E-state index contributed by atoms with van der Waals surface area (Å²) < 4.78 is 5.46. The molecule has 41 heavy (non-hydrogen) atoms. The van der Waals surface area contributed by atoms with Crippen molar-refractivity contribution in [2.24, 2.45) is 16.8 Å². The van der Waals surface area contributed by atoms with E-state index in [0.29, 0.717) is 5.92 Å². The minimum absolute atomic E-state index is 0.474. The molecule has 1 heterocycles. The highest BCUT2D eigenvalue weighted by atomic mass is 32.2. The first-order chi connectivity index (χ1) is 20.1. The smallest absolute Gasteiger partial charge is 0.102 e. The molecule has 3 rings (SSSR count). The summed E-state index contributed by atoms with van der Waals surface area (Å²) in [5.41, 5.74) is 2.34. The first-order valence-corrected chi connectivity index (χ1v) is 16.4. The zero-order valence-corrected chi connectivity index (χ0v) is 27.5. The zero-order chi connectivity index (χ0) is 30.1. The van der Waals surface area contributed by atoms with Crippen LogP contribution in [0.25, 0.3) is 4.91 Å². The highest BCUT2D eigenvalue weighted by Crippen LogP contribution is 2.32. The lowest BCUT2D eigenvalue weighted by Gasteiger charge is -2.28. The van der Waals surface area contributed by atoms with Crippen LogP contribution in [-0.2, 0) is 4.74 Å². The molecule has 3 nitrogen and oxygen atoms in total. The quantitative estimate of drug-likeness (QED) is 0.107. The molecule has 4 heteroatoms. The molecule has 1 aromatic rings. The SMILES string of the molecule is C/C=C\CC1CCC1.C=CC/C=C/C=C(/SC(=NC)C(/C=C\C(C)CN1CCOCC1)=C/C)c1ccccc1.CC. The van der Waals surface area contributed by atoms with Gasteiger partial charge in [0, 0.05) is 37.2 Å². The fourth-order valence-corrected chi connectivity index (χ4v) is 5.33. The van der Waals surface area contributed by atoms with E-state index in [9.17, 15) is 0 Å². The minimum atomic E-state index is 0.474. The van der Waals surface area contributed by atoms with Gasteiger partial charge in [-0.25, -0.2) is 0 Å². The van der Waals surface area contributed by atoms with Gasteiger partial charge in [-0.2, -0.15) is 0 Å². The van der Waals surface area contributed by atoms with Crippen molar-refractivity contribution in [3.63, 3.8) is 0 Å². The Balaban J connectivity index is 0.000000711. The third-order valence-electron chi connectivity index (χ3n) is 6.90. The Morgan fingerprint density at radius 2 is 1.83 bits per heavy atom.